The van der Waals surface area contributed by atoms with Crippen molar-refractivity contribution in [3.63, 3.8) is 0 Å². The second kappa shape index (κ2) is 5.94. The van der Waals surface area contributed by atoms with Gasteiger partial charge in [0.15, 0.2) is 0 Å². The van der Waals surface area contributed by atoms with Crippen LogP contribution in [-0.2, 0) is 0 Å². The van der Waals surface area contributed by atoms with E-state index in [-0.39, 0.29) is 5.02 Å². The first-order chi connectivity index (χ1) is 7.60. The fourth-order valence-electron chi connectivity index (χ4n) is 1.72. The van der Waals surface area contributed by atoms with Crippen molar-refractivity contribution in [3.8, 4) is 0 Å². The maximum atomic E-state index is 13.4. The lowest BCUT2D eigenvalue weighted by Gasteiger charge is -2.25. The molecule has 0 atom stereocenters. The van der Waals surface area contributed by atoms with Crippen molar-refractivity contribution in [2.75, 3.05) is 23.7 Å². The molecule has 1 aromatic rings. The third-order valence-corrected chi connectivity index (χ3v) is 2.69. The molecular formula is C12H18ClFN2. The Bertz CT molecular complexity index is 349. The highest BCUT2D eigenvalue weighted by molar-refractivity contribution is 6.31. The van der Waals surface area contributed by atoms with E-state index in [1.54, 1.807) is 0 Å². The number of nitrogens with two attached hydrogens (primary N) is 1. The molecule has 0 unspecified atom stereocenters. The predicted molar refractivity (Wildman–Crippen MR) is 68.6 cm³/mol. The Labute approximate surface area is 101 Å². The molecule has 0 spiro atoms. The van der Waals surface area contributed by atoms with E-state index in [4.69, 9.17) is 17.3 Å². The fourth-order valence-corrected chi connectivity index (χ4v) is 1.89. The summed E-state index contributed by atoms with van der Waals surface area (Å²) in [6, 6.07) is 2.90. The average Bonchev–Trinajstić information content (AvgIpc) is 2.23. The fraction of sp³-hybridized carbons (Fsp3) is 0.500. The molecule has 2 N–H and O–H groups in total. The lowest BCUT2D eigenvalue weighted by molar-refractivity contribution is 0.626. The standard InChI is InChI=1S/C12H18ClFN2/c1-3-5-16(6-4-2)12-8-10(14)9(13)7-11(12)15/h7-8H,3-6,15H2,1-2H3. The number of anilines is 2. The lowest BCUT2D eigenvalue weighted by Crippen LogP contribution is -2.25. The molecule has 0 heterocycles. The summed E-state index contributed by atoms with van der Waals surface area (Å²) in [5.41, 5.74) is 7.14. The van der Waals surface area contributed by atoms with Crippen LogP contribution in [0.2, 0.25) is 5.02 Å². The normalized spacial score (nSPS) is 10.5. The molecule has 0 aliphatic carbocycles. The van der Waals surface area contributed by atoms with Gasteiger partial charge in [0, 0.05) is 19.2 Å². The van der Waals surface area contributed by atoms with Crippen LogP contribution in [0.3, 0.4) is 0 Å². The molecule has 1 aromatic carbocycles. The molecule has 16 heavy (non-hydrogen) atoms. The van der Waals surface area contributed by atoms with E-state index in [0.717, 1.165) is 31.6 Å². The molecule has 0 saturated carbocycles. The van der Waals surface area contributed by atoms with Crippen LogP contribution in [0, 0.1) is 5.82 Å². The maximum absolute atomic E-state index is 13.4. The summed E-state index contributed by atoms with van der Waals surface area (Å²) in [6.07, 6.45) is 2.01. The van der Waals surface area contributed by atoms with Crippen LogP contribution in [0.1, 0.15) is 26.7 Å². The summed E-state index contributed by atoms with van der Waals surface area (Å²) in [7, 11) is 0. The van der Waals surface area contributed by atoms with Crippen molar-refractivity contribution >= 4 is 23.0 Å². The van der Waals surface area contributed by atoms with Crippen LogP contribution in [0.15, 0.2) is 12.1 Å². The highest BCUT2D eigenvalue weighted by Gasteiger charge is 2.11. The summed E-state index contributed by atoms with van der Waals surface area (Å²) >= 11 is 5.67. The SMILES string of the molecule is CCCN(CCC)c1cc(F)c(Cl)cc1N. The molecule has 0 bridgehead atoms. The molecule has 0 saturated heterocycles. The minimum absolute atomic E-state index is 0.0780. The van der Waals surface area contributed by atoms with Crippen LogP contribution in [-0.4, -0.2) is 13.1 Å². The molecule has 90 valence electrons. The minimum Gasteiger partial charge on any atom is -0.397 e. The Hall–Kier alpha value is -0.960. The first kappa shape index (κ1) is 13.1. The van der Waals surface area contributed by atoms with E-state index < -0.39 is 5.82 Å². The maximum Gasteiger partial charge on any atom is 0.144 e. The zero-order valence-electron chi connectivity index (χ0n) is 9.76. The zero-order valence-corrected chi connectivity index (χ0v) is 10.5. The molecule has 0 aliphatic heterocycles. The molecule has 2 nitrogen and oxygen atoms in total. The van der Waals surface area contributed by atoms with Gasteiger partial charge in [-0.15, -0.1) is 0 Å². The van der Waals surface area contributed by atoms with Gasteiger partial charge in [-0.2, -0.15) is 0 Å². The average molecular weight is 245 g/mol. The third-order valence-electron chi connectivity index (χ3n) is 2.40. The Morgan fingerprint density at radius 2 is 1.81 bits per heavy atom. The first-order valence-corrected chi connectivity index (χ1v) is 5.97. The number of halogens is 2. The topological polar surface area (TPSA) is 29.3 Å². The van der Waals surface area contributed by atoms with Crippen LogP contribution in [0.25, 0.3) is 0 Å². The Balaban J connectivity index is 3.03. The minimum atomic E-state index is -0.414. The zero-order chi connectivity index (χ0) is 12.1. The van der Waals surface area contributed by atoms with Crippen LogP contribution < -0.4 is 10.6 Å². The summed E-state index contributed by atoms with van der Waals surface area (Å²) in [6.45, 7) is 5.93. The van der Waals surface area contributed by atoms with Crippen molar-refractivity contribution in [1.82, 2.24) is 0 Å². The van der Waals surface area contributed by atoms with Gasteiger partial charge in [0.1, 0.15) is 5.82 Å². The monoisotopic (exact) mass is 244 g/mol. The van der Waals surface area contributed by atoms with Gasteiger partial charge in [-0.05, 0) is 18.9 Å². The molecular weight excluding hydrogens is 227 g/mol. The second-order valence-electron chi connectivity index (χ2n) is 3.81. The molecule has 4 heteroatoms. The molecule has 0 fully saturated rings. The summed E-state index contributed by atoms with van der Waals surface area (Å²) in [5.74, 6) is -0.414. The van der Waals surface area contributed by atoms with Crippen molar-refractivity contribution in [2.45, 2.75) is 26.7 Å². The number of nitrogen functional groups attached to an aromatic ring is 1. The number of hydrogen-bond donors (Lipinski definition) is 1. The molecule has 0 amide bonds. The van der Waals surface area contributed by atoms with E-state index in [1.807, 2.05) is 0 Å². The Morgan fingerprint density at radius 1 is 1.25 bits per heavy atom. The molecule has 0 aromatic heterocycles. The number of benzene rings is 1. The van der Waals surface area contributed by atoms with Gasteiger partial charge in [0.05, 0.1) is 16.4 Å². The second-order valence-corrected chi connectivity index (χ2v) is 4.22. The van der Waals surface area contributed by atoms with Crippen molar-refractivity contribution in [3.05, 3.63) is 23.0 Å². The Kier molecular flexibility index (Phi) is 4.87. The number of nitrogens with zero attached hydrogens (tertiary/aromatic N) is 1. The van der Waals surface area contributed by atoms with Crippen LogP contribution in [0.5, 0.6) is 0 Å². The van der Waals surface area contributed by atoms with Gasteiger partial charge in [0.25, 0.3) is 0 Å². The predicted octanol–water partition coefficient (Wildman–Crippen LogP) is 3.69. The molecule has 0 aliphatic rings. The van der Waals surface area contributed by atoms with Gasteiger partial charge in [-0.1, -0.05) is 25.4 Å². The van der Waals surface area contributed by atoms with Crippen molar-refractivity contribution in [2.24, 2.45) is 0 Å². The first-order valence-electron chi connectivity index (χ1n) is 5.59. The van der Waals surface area contributed by atoms with Crippen LogP contribution in [0.4, 0.5) is 15.8 Å². The quantitative estimate of drug-likeness (QED) is 0.801. The smallest absolute Gasteiger partial charge is 0.144 e. The van der Waals surface area contributed by atoms with E-state index in [9.17, 15) is 4.39 Å². The van der Waals surface area contributed by atoms with Gasteiger partial charge in [-0.25, -0.2) is 4.39 Å². The van der Waals surface area contributed by atoms with Gasteiger partial charge >= 0.3 is 0 Å². The third kappa shape index (κ3) is 3.01. The van der Waals surface area contributed by atoms with Gasteiger partial charge in [0.2, 0.25) is 0 Å². The highest BCUT2D eigenvalue weighted by Crippen LogP contribution is 2.29. The van der Waals surface area contributed by atoms with Gasteiger partial charge < -0.3 is 10.6 Å². The summed E-state index contributed by atoms with van der Waals surface area (Å²) in [4.78, 5) is 2.09. The van der Waals surface area contributed by atoms with E-state index >= 15 is 0 Å². The summed E-state index contributed by atoms with van der Waals surface area (Å²) in [5, 5.41) is 0.0780. The van der Waals surface area contributed by atoms with Crippen LogP contribution >= 0.6 is 11.6 Å². The Morgan fingerprint density at radius 3 is 2.31 bits per heavy atom. The highest BCUT2D eigenvalue weighted by atomic mass is 35.5. The molecule has 1 rings (SSSR count). The largest absolute Gasteiger partial charge is 0.397 e. The number of hydrogen-bond acceptors (Lipinski definition) is 2. The van der Waals surface area contributed by atoms with E-state index in [1.165, 1.54) is 12.1 Å². The van der Waals surface area contributed by atoms with E-state index in [2.05, 4.69) is 18.7 Å². The van der Waals surface area contributed by atoms with Gasteiger partial charge in [-0.3, -0.25) is 0 Å². The van der Waals surface area contributed by atoms with Crippen molar-refractivity contribution in [1.29, 1.82) is 0 Å². The van der Waals surface area contributed by atoms with Crippen molar-refractivity contribution < 1.29 is 4.39 Å². The summed E-state index contributed by atoms with van der Waals surface area (Å²) < 4.78 is 13.4. The molecule has 0 radical (unpaired) electrons. The number of rotatable bonds is 5. The lowest BCUT2D eigenvalue weighted by atomic mass is 10.2. The van der Waals surface area contributed by atoms with E-state index in [0.29, 0.717) is 5.69 Å².